The fourth-order valence-corrected chi connectivity index (χ4v) is 0.500. The van der Waals surface area contributed by atoms with E-state index >= 15 is 0 Å². The number of hydrogen-bond acceptors (Lipinski definition) is 1. The largest absolute Gasteiger partial charge is 0.366 e. The number of nitrogens with two attached hydrogens (primary N) is 1. The van der Waals surface area contributed by atoms with Gasteiger partial charge in [-0.2, -0.15) is 0 Å². The number of carbonyl (C=O) groups is 1. The number of primary amides is 1. The van der Waals surface area contributed by atoms with Gasteiger partial charge in [0.1, 0.15) is 0 Å². The predicted molar refractivity (Wildman–Crippen MR) is 44.8 cm³/mol. The zero-order valence-electron chi connectivity index (χ0n) is 6.72. The third kappa shape index (κ3) is 3.27. The van der Waals surface area contributed by atoms with Crippen molar-refractivity contribution in [1.82, 2.24) is 0 Å². The SMILES string of the molecule is CC.NC(=O)C1=CC=C=C=C1. The highest BCUT2D eigenvalue weighted by atomic mass is 16.1. The van der Waals surface area contributed by atoms with E-state index < -0.39 is 5.91 Å². The van der Waals surface area contributed by atoms with Gasteiger partial charge in [-0.1, -0.05) is 25.3 Å². The standard InChI is InChI=1S/C7H5NO.C2H6/c8-7(9)6-4-2-1-3-5-6;1-2/h2,4-5H,(H2,8,9);1-2H3. The Bertz CT molecular complexity index is 261. The summed E-state index contributed by atoms with van der Waals surface area (Å²) < 4.78 is 0. The van der Waals surface area contributed by atoms with Gasteiger partial charge in [0.15, 0.2) is 0 Å². The lowest BCUT2D eigenvalue weighted by Crippen LogP contribution is -2.12. The molecule has 11 heavy (non-hydrogen) atoms. The summed E-state index contributed by atoms with van der Waals surface area (Å²) in [5.41, 5.74) is 10.7. The summed E-state index contributed by atoms with van der Waals surface area (Å²) in [7, 11) is 0. The first-order valence-corrected chi connectivity index (χ1v) is 3.48. The van der Waals surface area contributed by atoms with Crippen molar-refractivity contribution < 1.29 is 4.79 Å². The van der Waals surface area contributed by atoms with Gasteiger partial charge in [-0.05, 0) is 12.2 Å². The molecular weight excluding hydrogens is 138 g/mol. The Balaban J connectivity index is 0.000000461. The van der Waals surface area contributed by atoms with Gasteiger partial charge in [0, 0.05) is 11.6 Å². The van der Waals surface area contributed by atoms with E-state index in [1.165, 1.54) is 6.08 Å². The van der Waals surface area contributed by atoms with Gasteiger partial charge in [0.25, 0.3) is 0 Å². The molecule has 1 aliphatic carbocycles. The first-order chi connectivity index (χ1) is 5.30. The second-order valence-electron chi connectivity index (χ2n) is 1.59. The highest BCUT2D eigenvalue weighted by molar-refractivity contribution is 5.95. The van der Waals surface area contributed by atoms with Crippen LogP contribution in [0.25, 0.3) is 0 Å². The minimum atomic E-state index is -0.430. The lowest BCUT2D eigenvalue weighted by molar-refractivity contribution is -0.114. The average molecular weight is 149 g/mol. The van der Waals surface area contributed by atoms with Crippen molar-refractivity contribution in [3.63, 3.8) is 0 Å². The Labute approximate surface area is 66.4 Å². The van der Waals surface area contributed by atoms with Gasteiger partial charge in [-0.3, -0.25) is 4.79 Å². The first-order valence-electron chi connectivity index (χ1n) is 3.48. The maximum atomic E-state index is 10.4. The van der Waals surface area contributed by atoms with E-state index in [-0.39, 0.29) is 0 Å². The fraction of sp³-hybridized carbons (Fsp3) is 0.222. The van der Waals surface area contributed by atoms with E-state index in [1.807, 2.05) is 13.8 Å². The van der Waals surface area contributed by atoms with Crippen LogP contribution in [0.15, 0.2) is 35.3 Å². The lowest BCUT2D eigenvalue weighted by Gasteiger charge is -1.90. The molecule has 1 rings (SSSR count). The summed E-state index contributed by atoms with van der Waals surface area (Å²) in [5, 5.41) is 0. The minimum Gasteiger partial charge on any atom is -0.366 e. The molecule has 0 aromatic rings. The molecule has 0 spiro atoms. The van der Waals surface area contributed by atoms with Crippen LogP contribution in [0.4, 0.5) is 0 Å². The van der Waals surface area contributed by atoms with Crippen LogP contribution in [-0.4, -0.2) is 5.91 Å². The highest BCUT2D eigenvalue weighted by Crippen LogP contribution is 1.96. The molecular formula is C9H11NO. The molecule has 2 nitrogen and oxygen atoms in total. The molecule has 0 aliphatic heterocycles. The number of amides is 1. The summed E-state index contributed by atoms with van der Waals surface area (Å²) in [5.74, 6) is -0.430. The summed E-state index contributed by atoms with van der Waals surface area (Å²) in [4.78, 5) is 10.4. The van der Waals surface area contributed by atoms with E-state index in [9.17, 15) is 4.79 Å². The van der Waals surface area contributed by atoms with E-state index in [1.54, 1.807) is 12.2 Å². The molecule has 0 bridgehead atoms. The van der Waals surface area contributed by atoms with E-state index in [0.717, 1.165) is 0 Å². The number of carbonyl (C=O) groups excluding carboxylic acids is 1. The molecule has 1 amide bonds. The second kappa shape index (κ2) is 5.31. The van der Waals surface area contributed by atoms with Gasteiger partial charge < -0.3 is 5.73 Å². The number of allylic oxidation sites excluding steroid dienone is 2. The third-order valence-corrected chi connectivity index (χ3v) is 0.942. The maximum Gasteiger partial charge on any atom is 0.249 e. The predicted octanol–water partition coefficient (Wildman–Crippen LogP) is 1.30. The van der Waals surface area contributed by atoms with Crippen molar-refractivity contribution in [2.24, 2.45) is 5.73 Å². The summed E-state index contributed by atoms with van der Waals surface area (Å²) in [6.45, 7) is 4.00. The Morgan fingerprint density at radius 2 is 2.09 bits per heavy atom. The Kier molecular flexibility index (Phi) is 4.59. The molecule has 0 aromatic heterocycles. The van der Waals surface area contributed by atoms with Crippen molar-refractivity contribution >= 4 is 5.91 Å². The van der Waals surface area contributed by atoms with Gasteiger partial charge in [0.2, 0.25) is 5.91 Å². The first kappa shape index (κ1) is 9.51. The summed E-state index contributed by atoms with van der Waals surface area (Å²) in [6, 6.07) is 0. The van der Waals surface area contributed by atoms with Crippen molar-refractivity contribution in [2.75, 3.05) is 0 Å². The zero-order chi connectivity index (χ0) is 8.69. The maximum absolute atomic E-state index is 10.4. The molecule has 2 N–H and O–H groups in total. The van der Waals surface area contributed by atoms with Crippen LogP contribution in [0.3, 0.4) is 0 Å². The van der Waals surface area contributed by atoms with Crippen molar-refractivity contribution in [3.8, 4) is 0 Å². The Hall–Kier alpha value is -1.49. The van der Waals surface area contributed by atoms with Gasteiger partial charge in [-0.15, -0.1) is 0 Å². The molecule has 1 aliphatic rings. The van der Waals surface area contributed by atoms with Gasteiger partial charge in [-0.25, -0.2) is 0 Å². The normalized spacial score (nSPS) is 11.6. The lowest BCUT2D eigenvalue weighted by atomic mass is 10.2. The quantitative estimate of drug-likeness (QED) is 0.561. The molecule has 2 heteroatoms. The molecule has 58 valence electrons. The summed E-state index contributed by atoms with van der Waals surface area (Å²) >= 11 is 0. The highest BCUT2D eigenvalue weighted by Gasteiger charge is 1.97. The van der Waals surface area contributed by atoms with Crippen molar-refractivity contribution in [2.45, 2.75) is 13.8 Å². The molecule has 0 saturated heterocycles. The van der Waals surface area contributed by atoms with E-state index in [4.69, 9.17) is 5.73 Å². The van der Waals surface area contributed by atoms with Crippen LogP contribution >= 0.6 is 0 Å². The zero-order valence-corrected chi connectivity index (χ0v) is 6.72. The van der Waals surface area contributed by atoms with Crippen molar-refractivity contribution in [3.05, 3.63) is 35.3 Å². The van der Waals surface area contributed by atoms with E-state index in [2.05, 4.69) is 11.5 Å². The molecule has 0 atom stereocenters. The van der Waals surface area contributed by atoms with Crippen LogP contribution < -0.4 is 5.73 Å². The molecule has 0 unspecified atom stereocenters. The van der Waals surface area contributed by atoms with Crippen molar-refractivity contribution in [1.29, 1.82) is 0 Å². The average Bonchev–Trinajstić information content (AvgIpc) is 2.10. The number of hydrogen-bond donors (Lipinski definition) is 1. The summed E-state index contributed by atoms with van der Waals surface area (Å²) in [6.07, 6.45) is 4.70. The van der Waals surface area contributed by atoms with Crippen LogP contribution in [0.2, 0.25) is 0 Å². The Morgan fingerprint density at radius 1 is 1.45 bits per heavy atom. The van der Waals surface area contributed by atoms with E-state index in [0.29, 0.717) is 5.57 Å². The van der Waals surface area contributed by atoms with Crippen LogP contribution in [0.5, 0.6) is 0 Å². The molecule has 0 saturated carbocycles. The molecule has 0 fully saturated rings. The van der Waals surface area contributed by atoms with Crippen LogP contribution in [-0.2, 0) is 4.79 Å². The monoisotopic (exact) mass is 149 g/mol. The van der Waals surface area contributed by atoms with Crippen LogP contribution in [0.1, 0.15) is 13.8 Å². The van der Waals surface area contributed by atoms with Gasteiger partial charge in [0.05, 0.1) is 0 Å². The second-order valence-corrected chi connectivity index (χ2v) is 1.59. The smallest absolute Gasteiger partial charge is 0.249 e. The Morgan fingerprint density at radius 3 is 2.36 bits per heavy atom. The van der Waals surface area contributed by atoms with Gasteiger partial charge >= 0.3 is 0 Å². The molecule has 0 heterocycles. The van der Waals surface area contributed by atoms with Crippen LogP contribution in [0, 0.1) is 0 Å². The minimum absolute atomic E-state index is 0.430. The molecule has 0 aromatic carbocycles. The third-order valence-electron chi connectivity index (χ3n) is 0.942. The topological polar surface area (TPSA) is 43.1 Å². The number of rotatable bonds is 1. The molecule has 0 radical (unpaired) electrons. The fourth-order valence-electron chi connectivity index (χ4n) is 0.500.